The van der Waals surface area contributed by atoms with Crippen LogP contribution in [0.2, 0.25) is 5.02 Å². The highest BCUT2D eigenvalue weighted by Gasteiger charge is 2.13. The van der Waals surface area contributed by atoms with E-state index >= 15 is 0 Å². The summed E-state index contributed by atoms with van der Waals surface area (Å²) < 4.78 is 0. The average Bonchev–Trinajstić information content (AvgIpc) is 2.84. The highest BCUT2D eigenvalue weighted by atomic mass is 35.5. The number of halogens is 1. The van der Waals surface area contributed by atoms with Gasteiger partial charge in [0.15, 0.2) is 0 Å². The van der Waals surface area contributed by atoms with Crippen LogP contribution >= 0.6 is 11.6 Å². The van der Waals surface area contributed by atoms with Gasteiger partial charge in [-0.15, -0.1) is 0 Å². The second kappa shape index (κ2) is 18.0. The minimum Gasteiger partial charge on any atom is -0.386 e. The number of hydrogen-bond donors (Lipinski definition) is 1. The number of anilines is 2. The zero-order valence-corrected chi connectivity index (χ0v) is 23.1. The van der Waals surface area contributed by atoms with Gasteiger partial charge in [0.25, 0.3) is 0 Å². The SMILES string of the molecule is C=C/C=C\C(=C(C)C)N(C=C)c1cc(Cl)ccc1NC.C=O.C=O.Cc1ccc(C(C)(C)C)cc1. The standard InChI is InChI=1S/C17H21ClN2.C11H16.2CH2O/c1-6-8-9-16(13(3)4)20(7-2)17-12-14(18)10-11-15(17)19-5;1-9-5-7-10(8-6-9)11(2,3)4;2*1-2/h6-12,19H,1-2H2,3-5H3;5-8H,1-4H3;2*1H2/b9-8-;;;. The molecule has 0 aromatic heterocycles. The Morgan fingerprint density at radius 3 is 1.91 bits per heavy atom. The van der Waals surface area contributed by atoms with Crippen LogP contribution in [0.3, 0.4) is 0 Å². The van der Waals surface area contributed by atoms with Gasteiger partial charge in [-0.1, -0.05) is 93.1 Å². The summed E-state index contributed by atoms with van der Waals surface area (Å²) in [6.45, 7) is 24.6. The Morgan fingerprint density at radius 1 is 0.971 bits per heavy atom. The predicted molar refractivity (Wildman–Crippen MR) is 156 cm³/mol. The van der Waals surface area contributed by atoms with Crippen molar-refractivity contribution in [1.82, 2.24) is 0 Å². The Morgan fingerprint density at radius 2 is 1.51 bits per heavy atom. The fourth-order valence-corrected chi connectivity index (χ4v) is 3.11. The Labute approximate surface area is 217 Å². The van der Waals surface area contributed by atoms with Crippen molar-refractivity contribution in [3.8, 4) is 0 Å². The first kappa shape index (κ1) is 33.8. The van der Waals surface area contributed by atoms with Crippen LogP contribution in [0.1, 0.15) is 45.7 Å². The maximum absolute atomic E-state index is 8.00. The second-order valence-electron chi connectivity index (χ2n) is 8.56. The lowest BCUT2D eigenvalue weighted by Gasteiger charge is -2.25. The number of carbonyl (C=O) groups excluding carboxylic acids is 2. The van der Waals surface area contributed by atoms with Crippen molar-refractivity contribution in [1.29, 1.82) is 0 Å². The fourth-order valence-electron chi connectivity index (χ4n) is 2.94. The minimum absolute atomic E-state index is 0.285. The molecule has 2 aromatic rings. The van der Waals surface area contributed by atoms with Crippen molar-refractivity contribution in [3.63, 3.8) is 0 Å². The molecule has 1 N–H and O–H groups in total. The van der Waals surface area contributed by atoms with E-state index in [1.54, 1.807) is 12.3 Å². The van der Waals surface area contributed by atoms with Crippen LogP contribution < -0.4 is 10.2 Å². The third-order valence-electron chi connectivity index (χ3n) is 4.75. The summed E-state index contributed by atoms with van der Waals surface area (Å²) in [5, 5.41) is 3.86. The molecule has 0 fully saturated rings. The van der Waals surface area contributed by atoms with Crippen molar-refractivity contribution < 1.29 is 9.59 Å². The summed E-state index contributed by atoms with van der Waals surface area (Å²) in [7, 11) is 1.88. The van der Waals surface area contributed by atoms with Gasteiger partial charge in [-0.2, -0.15) is 0 Å². The number of nitrogens with zero attached hydrogens (tertiary/aromatic N) is 1. The van der Waals surface area contributed by atoms with Crippen molar-refractivity contribution in [3.05, 3.63) is 107 Å². The quantitative estimate of drug-likeness (QED) is 0.408. The normalized spacial score (nSPS) is 9.71. The van der Waals surface area contributed by atoms with Gasteiger partial charge in [0.2, 0.25) is 0 Å². The molecule has 0 heterocycles. The molecule has 0 amide bonds. The van der Waals surface area contributed by atoms with E-state index in [1.165, 1.54) is 16.7 Å². The van der Waals surface area contributed by atoms with Crippen molar-refractivity contribution in [2.45, 2.75) is 47.0 Å². The zero-order chi connectivity index (χ0) is 27.6. The zero-order valence-electron chi connectivity index (χ0n) is 22.3. The van der Waals surface area contributed by atoms with Gasteiger partial charge >= 0.3 is 0 Å². The molecule has 0 bridgehead atoms. The molecule has 0 saturated heterocycles. The summed E-state index contributed by atoms with van der Waals surface area (Å²) in [4.78, 5) is 18.0. The third kappa shape index (κ3) is 12.1. The van der Waals surface area contributed by atoms with Crippen molar-refractivity contribution in [2.24, 2.45) is 0 Å². The molecule has 0 aliphatic carbocycles. The fraction of sp³-hybridized carbons (Fsp3) is 0.267. The van der Waals surface area contributed by atoms with Gasteiger partial charge in [-0.3, -0.25) is 0 Å². The number of carbonyl (C=O) groups is 2. The summed E-state index contributed by atoms with van der Waals surface area (Å²) in [6, 6.07) is 14.5. The molecule has 2 aromatic carbocycles. The molecule has 0 saturated carbocycles. The molecule has 2 rings (SSSR count). The summed E-state index contributed by atoms with van der Waals surface area (Å²) in [5.41, 5.74) is 7.18. The van der Waals surface area contributed by atoms with Crippen LogP contribution in [-0.4, -0.2) is 20.6 Å². The van der Waals surface area contributed by atoms with Crippen LogP contribution in [0.15, 0.2) is 91.3 Å². The van der Waals surface area contributed by atoms with Gasteiger partial charge in [0.1, 0.15) is 13.6 Å². The number of hydrogen-bond acceptors (Lipinski definition) is 4. The topological polar surface area (TPSA) is 49.4 Å². The largest absolute Gasteiger partial charge is 0.386 e. The number of nitrogens with one attached hydrogen (secondary N) is 1. The second-order valence-corrected chi connectivity index (χ2v) is 9.00. The highest BCUT2D eigenvalue weighted by molar-refractivity contribution is 6.31. The van der Waals surface area contributed by atoms with Crippen LogP contribution in [0.25, 0.3) is 0 Å². The molecule has 0 aliphatic heterocycles. The van der Waals surface area contributed by atoms with E-state index < -0.39 is 0 Å². The number of allylic oxidation sites excluding steroid dienone is 4. The number of aryl methyl sites for hydroxylation is 1. The Balaban J connectivity index is 0. The molecule has 4 nitrogen and oxygen atoms in total. The summed E-state index contributed by atoms with van der Waals surface area (Å²) in [5.74, 6) is 0. The smallest absolute Gasteiger partial charge is 0.106 e. The number of rotatable bonds is 6. The van der Waals surface area contributed by atoms with E-state index in [2.05, 4.69) is 84.3 Å². The average molecular weight is 497 g/mol. The molecule has 35 heavy (non-hydrogen) atoms. The lowest BCUT2D eigenvalue weighted by molar-refractivity contribution is -0.0987. The summed E-state index contributed by atoms with van der Waals surface area (Å²) >= 11 is 6.12. The molecule has 0 atom stereocenters. The van der Waals surface area contributed by atoms with E-state index in [0.717, 1.165) is 17.1 Å². The van der Waals surface area contributed by atoms with Crippen LogP contribution in [0.4, 0.5) is 11.4 Å². The van der Waals surface area contributed by atoms with Gasteiger partial charge in [0, 0.05) is 24.0 Å². The molecule has 190 valence electrons. The van der Waals surface area contributed by atoms with Crippen LogP contribution in [-0.2, 0) is 15.0 Å². The van der Waals surface area contributed by atoms with Gasteiger partial charge in [0.05, 0.1) is 11.4 Å². The number of benzene rings is 2. The summed E-state index contributed by atoms with van der Waals surface area (Å²) in [6.07, 6.45) is 7.44. The predicted octanol–water partition coefficient (Wildman–Crippen LogP) is 8.29. The van der Waals surface area contributed by atoms with E-state index in [9.17, 15) is 0 Å². The lowest BCUT2D eigenvalue weighted by atomic mass is 9.87. The van der Waals surface area contributed by atoms with Crippen molar-refractivity contribution in [2.75, 3.05) is 17.3 Å². The highest BCUT2D eigenvalue weighted by Crippen LogP contribution is 2.33. The van der Waals surface area contributed by atoms with Gasteiger partial charge in [-0.25, -0.2) is 0 Å². The molecule has 0 aliphatic rings. The molecular weight excluding hydrogens is 456 g/mol. The Bertz CT molecular complexity index is 965. The van der Waals surface area contributed by atoms with E-state index in [4.69, 9.17) is 21.2 Å². The molecule has 0 spiro atoms. The third-order valence-corrected chi connectivity index (χ3v) is 4.99. The first-order chi connectivity index (χ1) is 16.5. The Hall–Kier alpha value is -3.37. The monoisotopic (exact) mass is 496 g/mol. The first-order valence-corrected chi connectivity index (χ1v) is 11.4. The molecule has 5 heteroatoms. The van der Waals surface area contributed by atoms with Crippen LogP contribution in [0.5, 0.6) is 0 Å². The minimum atomic E-state index is 0.285. The van der Waals surface area contributed by atoms with Crippen molar-refractivity contribution >= 4 is 36.6 Å². The Kier molecular flexibility index (Phi) is 17.4. The van der Waals surface area contributed by atoms with Gasteiger partial charge < -0.3 is 19.8 Å². The lowest BCUT2D eigenvalue weighted by Crippen LogP contribution is -2.16. The van der Waals surface area contributed by atoms with Crippen LogP contribution in [0, 0.1) is 6.92 Å². The van der Waals surface area contributed by atoms with E-state index in [-0.39, 0.29) is 5.41 Å². The van der Waals surface area contributed by atoms with E-state index in [0.29, 0.717) is 5.02 Å². The van der Waals surface area contributed by atoms with Gasteiger partial charge in [-0.05, 0) is 56.0 Å². The maximum Gasteiger partial charge on any atom is 0.106 e. The maximum atomic E-state index is 8.00. The molecule has 0 radical (unpaired) electrons. The van der Waals surface area contributed by atoms with E-state index in [1.807, 2.05) is 55.9 Å². The molecule has 0 unspecified atom stereocenters. The molecular formula is C30H41ClN2O2. The first-order valence-electron chi connectivity index (χ1n) is 11.1.